The van der Waals surface area contributed by atoms with Crippen molar-refractivity contribution in [1.82, 2.24) is 9.78 Å². The van der Waals surface area contributed by atoms with Gasteiger partial charge in [0.1, 0.15) is 0 Å². The molecule has 1 aromatic carbocycles. The van der Waals surface area contributed by atoms with Gasteiger partial charge in [-0.05, 0) is 63.9 Å². The topological polar surface area (TPSA) is 29.9 Å². The van der Waals surface area contributed by atoms with Crippen LogP contribution in [0.2, 0.25) is 0 Å². The summed E-state index contributed by atoms with van der Waals surface area (Å²) in [5.74, 6) is 0. The van der Waals surface area contributed by atoms with Crippen LogP contribution >= 0.6 is 47.8 Å². The minimum atomic E-state index is 0.389. The molecule has 0 radical (unpaired) electrons. The van der Waals surface area contributed by atoms with Crippen molar-refractivity contribution in [2.45, 2.75) is 26.4 Å². The van der Waals surface area contributed by atoms with Gasteiger partial charge in [0.2, 0.25) is 0 Å². The number of nitrogens with zero attached hydrogens (tertiary/aromatic N) is 2. The molecule has 3 nitrogen and oxygen atoms in total. The van der Waals surface area contributed by atoms with Gasteiger partial charge in [-0.1, -0.05) is 15.9 Å². The van der Waals surface area contributed by atoms with Crippen LogP contribution in [0.4, 0.5) is 5.69 Å². The maximum absolute atomic E-state index is 4.52. The molecular weight excluding hydrogens is 438 g/mol. The van der Waals surface area contributed by atoms with Gasteiger partial charge >= 0.3 is 0 Å². The van der Waals surface area contributed by atoms with Crippen LogP contribution in [-0.4, -0.2) is 9.78 Å². The zero-order valence-corrected chi connectivity index (χ0v) is 15.4. The van der Waals surface area contributed by atoms with Crippen LogP contribution in [0.1, 0.15) is 25.6 Å². The first-order valence-corrected chi connectivity index (χ1v) is 8.27. The zero-order chi connectivity index (χ0) is 14.0. The van der Waals surface area contributed by atoms with Crippen LogP contribution in [0.25, 0.3) is 0 Å². The van der Waals surface area contributed by atoms with Gasteiger partial charge in [0.25, 0.3) is 0 Å². The Morgan fingerprint density at radius 3 is 2.37 bits per heavy atom. The molecule has 0 fully saturated rings. The molecule has 0 bridgehead atoms. The Bertz CT molecular complexity index is 555. The highest BCUT2D eigenvalue weighted by Crippen LogP contribution is 2.34. The number of rotatable bonds is 4. The molecule has 0 aliphatic heterocycles. The van der Waals surface area contributed by atoms with Gasteiger partial charge in [-0.25, -0.2) is 0 Å². The second kappa shape index (κ2) is 6.41. The van der Waals surface area contributed by atoms with Crippen LogP contribution < -0.4 is 5.32 Å². The van der Waals surface area contributed by atoms with Gasteiger partial charge in [0.15, 0.2) is 0 Å². The summed E-state index contributed by atoms with van der Waals surface area (Å²) in [7, 11) is 0. The third-order valence-electron chi connectivity index (χ3n) is 2.65. The average molecular weight is 452 g/mol. The lowest BCUT2D eigenvalue weighted by molar-refractivity contribution is 0.527. The molecule has 0 aliphatic carbocycles. The highest BCUT2D eigenvalue weighted by Gasteiger charge is 2.08. The third-order valence-corrected chi connectivity index (χ3v) is 4.35. The number of hydrogen-bond donors (Lipinski definition) is 1. The highest BCUT2D eigenvalue weighted by atomic mass is 79.9. The standard InChI is InChI=1S/C13H14Br3N3/c1-8(2)19-4-3-10(18-19)7-17-13-11(15)5-9(14)6-12(13)16/h3-6,8,17H,7H2,1-2H3. The van der Waals surface area contributed by atoms with Crippen LogP contribution in [0.15, 0.2) is 37.8 Å². The van der Waals surface area contributed by atoms with Crippen LogP contribution in [0.3, 0.4) is 0 Å². The molecule has 1 aromatic heterocycles. The van der Waals surface area contributed by atoms with Crippen molar-refractivity contribution in [3.8, 4) is 0 Å². The fourth-order valence-corrected chi connectivity index (χ4v) is 4.19. The molecule has 0 saturated carbocycles. The van der Waals surface area contributed by atoms with E-state index in [-0.39, 0.29) is 0 Å². The third kappa shape index (κ3) is 3.83. The number of benzene rings is 1. The molecule has 2 aromatic rings. The lowest BCUT2D eigenvalue weighted by Crippen LogP contribution is -2.05. The number of hydrogen-bond acceptors (Lipinski definition) is 2. The van der Waals surface area contributed by atoms with Crippen LogP contribution in [0, 0.1) is 0 Å². The molecule has 0 atom stereocenters. The fraction of sp³-hybridized carbons (Fsp3) is 0.308. The van der Waals surface area contributed by atoms with Crippen molar-refractivity contribution < 1.29 is 0 Å². The minimum absolute atomic E-state index is 0.389. The van der Waals surface area contributed by atoms with Crippen molar-refractivity contribution in [3.63, 3.8) is 0 Å². The van der Waals surface area contributed by atoms with Crippen molar-refractivity contribution >= 4 is 53.5 Å². The summed E-state index contributed by atoms with van der Waals surface area (Å²) in [6.45, 7) is 4.93. The van der Waals surface area contributed by atoms with Crippen molar-refractivity contribution in [3.05, 3.63) is 43.5 Å². The second-order valence-electron chi connectivity index (χ2n) is 4.48. The molecule has 102 valence electrons. The van der Waals surface area contributed by atoms with E-state index in [1.54, 1.807) is 0 Å². The first-order chi connectivity index (χ1) is 8.97. The molecule has 0 spiro atoms. The van der Waals surface area contributed by atoms with Crippen molar-refractivity contribution in [2.24, 2.45) is 0 Å². The Balaban J connectivity index is 2.10. The number of halogens is 3. The van der Waals surface area contributed by atoms with Crippen LogP contribution in [-0.2, 0) is 6.54 Å². The Morgan fingerprint density at radius 2 is 1.84 bits per heavy atom. The molecule has 0 amide bonds. The van der Waals surface area contributed by atoms with Gasteiger partial charge in [-0.15, -0.1) is 0 Å². The van der Waals surface area contributed by atoms with E-state index in [0.29, 0.717) is 12.6 Å². The molecule has 0 aliphatic rings. The minimum Gasteiger partial charge on any atom is -0.377 e. The number of aromatic nitrogens is 2. The van der Waals surface area contributed by atoms with E-state index in [9.17, 15) is 0 Å². The van der Waals surface area contributed by atoms with Crippen molar-refractivity contribution in [2.75, 3.05) is 5.32 Å². The van der Waals surface area contributed by atoms with E-state index in [4.69, 9.17) is 0 Å². The predicted octanol–water partition coefficient (Wildman–Crippen LogP) is 5.36. The summed E-state index contributed by atoms with van der Waals surface area (Å²) in [5.41, 5.74) is 2.05. The van der Waals surface area contributed by atoms with E-state index in [1.165, 1.54) is 0 Å². The Labute approximate surface area is 138 Å². The summed E-state index contributed by atoms with van der Waals surface area (Å²) in [6, 6.07) is 6.45. The molecular formula is C13H14Br3N3. The number of nitrogens with one attached hydrogen (secondary N) is 1. The summed E-state index contributed by atoms with van der Waals surface area (Å²) >= 11 is 10.6. The lowest BCUT2D eigenvalue weighted by atomic mass is 10.3. The smallest absolute Gasteiger partial charge is 0.0815 e. The van der Waals surface area contributed by atoms with E-state index in [0.717, 1.165) is 24.8 Å². The maximum atomic E-state index is 4.52. The Morgan fingerprint density at radius 1 is 1.21 bits per heavy atom. The summed E-state index contributed by atoms with van der Waals surface area (Å²) in [5, 5.41) is 7.90. The maximum Gasteiger partial charge on any atom is 0.0815 e. The molecule has 1 N–H and O–H groups in total. The summed E-state index contributed by atoms with van der Waals surface area (Å²) in [4.78, 5) is 0. The molecule has 6 heteroatoms. The quantitative estimate of drug-likeness (QED) is 0.677. The fourth-order valence-electron chi connectivity index (χ4n) is 1.65. The van der Waals surface area contributed by atoms with Gasteiger partial charge in [-0.2, -0.15) is 5.10 Å². The molecule has 0 unspecified atom stereocenters. The van der Waals surface area contributed by atoms with E-state index in [2.05, 4.69) is 72.1 Å². The first kappa shape index (κ1) is 15.1. The van der Waals surface area contributed by atoms with E-state index < -0.39 is 0 Å². The van der Waals surface area contributed by atoms with Gasteiger partial charge in [-0.3, -0.25) is 4.68 Å². The summed E-state index contributed by atoms with van der Waals surface area (Å²) in [6.07, 6.45) is 2.01. The average Bonchev–Trinajstić information content (AvgIpc) is 2.76. The first-order valence-electron chi connectivity index (χ1n) is 5.90. The highest BCUT2D eigenvalue weighted by molar-refractivity contribution is 9.11. The Kier molecular flexibility index (Phi) is 5.09. The normalized spacial score (nSPS) is 11.1. The molecule has 19 heavy (non-hydrogen) atoms. The number of anilines is 1. The molecule has 2 rings (SSSR count). The predicted molar refractivity (Wildman–Crippen MR) is 89.5 cm³/mol. The lowest BCUT2D eigenvalue weighted by Gasteiger charge is -2.10. The van der Waals surface area contributed by atoms with Gasteiger partial charge in [0.05, 0.1) is 17.9 Å². The SMILES string of the molecule is CC(C)n1ccc(CNc2c(Br)cc(Br)cc2Br)n1. The monoisotopic (exact) mass is 449 g/mol. The van der Waals surface area contributed by atoms with Crippen molar-refractivity contribution in [1.29, 1.82) is 0 Å². The largest absolute Gasteiger partial charge is 0.377 e. The Hall–Kier alpha value is -0.330. The van der Waals surface area contributed by atoms with E-state index >= 15 is 0 Å². The molecule has 1 heterocycles. The molecule has 0 saturated heterocycles. The van der Waals surface area contributed by atoms with Gasteiger partial charge < -0.3 is 5.32 Å². The summed E-state index contributed by atoms with van der Waals surface area (Å²) < 4.78 is 5.01. The van der Waals surface area contributed by atoms with Crippen LogP contribution in [0.5, 0.6) is 0 Å². The van der Waals surface area contributed by atoms with Gasteiger partial charge in [0, 0.05) is 25.7 Å². The van der Waals surface area contributed by atoms with E-state index in [1.807, 2.05) is 29.1 Å². The second-order valence-corrected chi connectivity index (χ2v) is 7.10. The zero-order valence-electron chi connectivity index (χ0n) is 10.6.